The highest BCUT2D eigenvalue weighted by Gasteiger charge is 2.15. The van der Waals surface area contributed by atoms with Gasteiger partial charge in [-0.3, -0.25) is 9.48 Å². The maximum Gasteiger partial charge on any atom is 0.180 e. The van der Waals surface area contributed by atoms with Gasteiger partial charge in [0.1, 0.15) is 5.69 Å². The molecule has 25 heavy (non-hydrogen) atoms. The summed E-state index contributed by atoms with van der Waals surface area (Å²) >= 11 is 0. The summed E-state index contributed by atoms with van der Waals surface area (Å²) in [7, 11) is 0. The first kappa shape index (κ1) is 15.5. The van der Waals surface area contributed by atoms with Gasteiger partial charge in [0.15, 0.2) is 5.78 Å². The van der Waals surface area contributed by atoms with Crippen LogP contribution in [0.1, 0.15) is 17.4 Å². The molecule has 1 heterocycles. The Labute approximate surface area is 145 Å². The molecule has 1 N–H and O–H groups in total. The molecule has 0 bridgehead atoms. The van der Waals surface area contributed by atoms with Gasteiger partial charge >= 0.3 is 0 Å². The molecule has 4 nitrogen and oxygen atoms in total. The van der Waals surface area contributed by atoms with E-state index in [0.29, 0.717) is 12.2 Å². The first-order valence-corrected chi connectivity index (χ1v) is 8.29. The molecule has 0 radical (unpaired) electrons. The van der Waals surface area contributed by atoms with Crippen molar-refractivity contribution in [2.24, 2.45) is 0 Å². The molecule has 4 rings (SSSR count). The van der Waals surface area contributed by atoms with Crippen molar-refractivity contribution in [3.05, 3.63) is 66.4 Å². The van der Waals surface area contributed by atoms with Crippen molar-refractivity contribution in [2.75, 3.05) is 6.61 Å². The number of aliphatic hydroxyl groups excluding tert-OH is 1. The molecule has 0 saturated carbocycles. The average molecular weight is 330 g/mol. The Morgan fingerprint density at radius 2 is 1.72 bits per heavy atom. The second-order valence-electron chi connectivity index (χ2n) is 6.15. The van der Waals surface area contributed by atoms with E-state index < -0.39 is 0 Å². The fourth-order valence-corrected chi connectivity index (χ4v) is 3.25. The van der Waals surface area contributed by atoms with Gasteiger partial charge in [-0.25, -0.2) is 0 Å². The molecule has 0 aliphatic heterocycles. The Bertz CT molecular complexity index is 1100. The highest BCUT2D eigenvalue weighted by Crippen LogP contribution is 2.29. The van der Waals surface area contributed by atoms with Crippen molar-refractivity contribution in [1.82, 2.24) is 9.78 Å². The number of rotatable bonds is 4. The van der Waals surface area contributed by atoms with E-state index in [-0.39, 0.29) is 12.4 Å². The maximum absolute atomic E-state index is 12.0. The van der Waals surface area contributed by atoms with Crippen molar-refractivity contribution in [3.63, 3.8) is 0 Å². The summed E-state index contributed by atoms with van der Waals surface area (Å²) in [6.45, 7) is 1.88. The van der Waals surface area contributed by atoms with Crippen LogP contribution in [0.5, 0.6) is 0 Å². The molecule has 0 spiro atoms. The van der Waals surface area contributed by atoms with Gasteiger partial charge in [0, 0.05) is 12.3 Å². The number of aliphatic hydroxyl groups is 1. The number of hydrogen-bond donors (Lipinski definition) is 1. The van der Waals surface area contributed by atoms with Crippen molar-refractivity contribution in [1.29, 1.82) is 0 Å². The molecule has 3 aromatic carbocycles. The number of hydrogen-bond acceptors (Lipinski definition) is 3. The van der Waals surface area contributed by atoms with E-state index in [1.807, 2.05) is 30.3 Å². The number of aromatic nitrogens is 2. The minimum absolute atomic E-state index is 0.0133. The van der Waals surface area contributed by atoms with Crippen LogP contribution < -0.4 is 0 Å². The SMILES string of the molecule is CC(=O)c1nn(CCO)c2ccc(-c3ccc4ccccc4c3)cc12. The van der Waals surface area contributed by atoms with E-state index in [1.165, 1.54) is 17.7 Å². The Balaban J connectivity index is 1.89. The van der Waals surface area contributed by atoms with Crippen LogP contribution >= 0.6 is 0 Å². The third-order valence-electron chi connectivity index (χ3n) is 4.48. The lowest BCUT2D eigenvalue weighted by Crippen LogP contribution is -2.05. The molecule has 0 saturated heterocycles. The number of nitrogens with zero attached hydrogens (tertiary/aromatic N) is 2. The topological polar surface area (TPSA) is 55.1 Å². The van der Waals surface area contributed by atoms with Gasteiger partial charge in [-0.05, 0) is 40.1 Å². The number of ketones is 1. The van der Waals surface area contributed by atoms with Crippen LogP contribution in [0.15, 0.2) is 60.7 Å². The molecule has 0 amide bonds. The number of carbonyl (C=O) groups is 1. The largest absolute Gasteiger partial charge is 0.394 e. The number of Topliss-reactive ketones (excluding diaryl/α,β-unsaturated/α-hetero) is 1. The van der Waals surface area contributed by atoms with Crippen LogP contribution in [0, 0.1) is 0 Å². The summed E-state index contributed by atoms with van der Waals surface area (Å²) in [6.07, 6.45) is 0. The summed E-state index contributed by atoms with van der Waals surface area (Å²) < 4.78 is 1.69. The molecule has 0 atom stereocenters. The van der Waals surface area contributed by atoms with Crippen LogP contribution in [0.25, 0.3) is 32.8 Å². The molecule has 0 fully saturated rings. The quantitative estimate of drug-likeness (QED) is 0.574. The third kappa shape index (κ3) is 2.71. The highest BCUT2D eigenvalue weighted by atomic mass is 16.3. The van der Waals surface area contributed by atoms with Crippen LogP contribution in [-0.2, 0) is 6.54 Å². The third-order valence-corrected chi connectivity index (χ3v) is 4.48. The summed E-state index contributed by atoms with van der Waals surface area (Å²) in [5.74, 6) is -0.0719. The zero-order valence-electron chi connectivity index (χ0n) is 13.9. The standard InChI is InChI=1S/C21H18N2O2/c1-14(25)21-19-13-18(8-9-20(19)23(22-21)10-11-24)17-7-6-15-4-2-3-5-16(15)12-17/h2-9,12-13,24H,10-11H2,1H3. The molecule has 0 aliphatic carbocycles. The molecule has 0 unspecified atom stereocenters. The first-order chi connectivity index (χ1) is 12.2. The van der Waals surface area contributed by atoms with E-state index in [2.05, 4.69) is 35.4 Å². The van der Waals surface area contributed by atoms with E-state index in [9.17, 15) is 9.90 Å². The fraction of sp³-hybridized carbons (Fsp3) is 0.143. The smallest absolute Gasteiger partial charge is 0.180 e. The van der Waals surface area contributed by atoms with E-state index in [0.717, 1.165) is 22.0 Å². The summed E-state index contributed by atoms with van der Waals surface area (Å²) in [5.41, 5.74) is 3.46. The minimum atomic E-state index is -0.0719. The van der Waals surface area contributed by atoms with Gasteiger partial charge in [0.05, 0.1) is 18.7 Å². The molecule has 1 aromatic heterocycles. The van der Waals surface area contributed by atoms with Gasteiger partial charge in [-0.1, -0.05) is 42.5 Å². The van der Waals surface area contributed by atoms with Gasteiger partial charge in [-0.2, -0.15) is 5.10 Å². The second kappa shape index (κ2) is 6.15. The molecule has 0 aliphatic rings. The lowest BCUT2D eigenvalue weighted by Gasteiger charge is -2.06. The predicted octanol–water partition coefficient (Wildman–Crippen LogP) is 4.05. The fourth-order valence-electron chi connectivity index (χ4n) is 3.25. The molecule has 4 heteroatoms. The second-order valence-corrected chi connectivity index (χ2v) is 6.15. The van der Waals surface area contributed by atoms with Crippen LogP contribution in [-0.4, -0.2) is 27.3 Å². The van der Waals surface area contributed by atoms with Gasteiger partial charge in [0.2, 0.25) is 0 Å². The summed E-state index contributed by atoms with van der Waals surface area (Å²) in [4.78, 5) is 12.0. The predicted molar refractivity (Wildman–Crippen MR) is 99.8 cm³/mol. The van der Waals surface area contributed by atoms with Gasteiger partial charge < -0.3 is 5.11 Å². The van der Waals surface area contributed by atoms with E-state index >= 15 is 0 Å². The van der Waals surface area contributed by atoms with Crippen molar-refractivity contribution >= 4 is 27.5 Å². The Morgan fingerprint density at radius 1 is 1.00 bits per heavy atom. The van der Waals surface area contributed by atoms with Gasteiger partial charge in [0.25, 0.3) is 0 Å². The first-order valence-electron chi connectivity index (χ1n) is 8.29. The van der Waals surface area contributed by atoms with Crippen molar-refractivity contribution in [2.45, 2.75) is 13.5 Å². The zero-order chi connectivity index (χ0) is 17.4. The zero-order valence-corrected chi connectivity index (χ0v) is 13.9. The monoisotopic (exact) mass is 330 g/mol. The van der Waals surface area contributed by atoms with Crippen LogP contribution in [0.3, 0.4) is 0 Å². The van der Waals surface area contributed by atoms with Crippen molar-refractivity contribution < 1.29 is 9.90 Å². The van der Waals surface area contributed by atoms with Crippen molar-refractivity contribution in [3.8, 4) is 11.1 Å². The van der Waals surface area contributed by atoms with Crippen LogP contribution in [0.2, 0.25) is 0 Å². The number of carbonyl (C=O) groups excluding carboxylic acids is 1. The Kier molecular flexibility index (Phi) is 3.82. The summed E-state index contributed by atoms with van der Waals surface area (Å²) in [6, 6.07) is 20.6. The van der Waals surface area contributed by atoms with E-state index in [1.54, 1.807) is 4.68 Å². The maximum atomic E-state index is 12.0. The lowest BCUT2D eigenvalue weighted by molar-refractivity contribution is 0.101. The normalized spacial score (nSPS) is 11.3. The molecular weight excluding hydrogens is 312 g/mol. The van der Waals surface area contributed by atoms with Gasteiger partial charge in [-0.15, -0.1) is 0 Å². The minimum Gasteiger partial charge on any atom is -0.394 e. The highest BCUT2D eigenvalue weighted by molar-refractivity contribution is 6.06. The molecule has 124 valence electrons. The van der Waals surface area contributed by atoms with Crippen LogP contribution in [0.4, 0.5) is 0 Å². The number of fused-ring (bicyclic) bond motifs is 2. The Hall–Kier alpha value is -2.98. The lowest BCUT2D eigenvalue weighted by atomic mass is 9.99. The molecular formula is C21H18N2O2. The number of benzene rings is 3. The molecule has 4 aromatic rings. The average Bonchev–Trinajstić information content (AvgIpc) is 3.00. The Morgan fingerprint density at radius 3 is 2.48 bits per heavy atom. The summed E-state index contributed by atoms with van der Waals surface area (Å²) in [5, 5.41) is 16.8. The van der Waals surface area contributed by atoms with E-state index in [4.69, 9.17) is 0 Å².